The molecule has 13 nitrogen and oxygen atoms in total. The molecule has 3 rings (SSSR count). The molecule has 298 valence electrons. The summed E-state index contributed by atoms with van der Waals surface area (Å²) in [6, 6.07) is 7.72. The summed E-state index contributed by atoms with van der Waals surface area (Å²) < 4.78 is 0. The summed E-state index contributed by atoms with van der Waals surface area (Å²) in [7, 11) is 1.47. The first-order valence-corrected chi connectivity index (χ1v) is 19.6. The fourth-order valence-electron chi connectivity index (χ4n) is 6.74. The molecule has 1 heterocycles. The molecule has 0 spiro atoms. The van der Waals surface area contributed by atoms with E-state index in [1.807, 2.05) is 6.92 Å². The number of alkyl halides is 1. The molecule has 14 heteroatoms. The van der Waals surface area contributed by atoms with Crippen molar-refractivity contribution in [2.75, 3.05) is 19.5 Å². The molecule has 54 heavy (non-hydrogen) atoms. The molecular weight excluding hydrogens is 714 g/mol. The standard InChI is InChI=1S/C40H58ClN5O8/c1-4-26(2)36(39(52)45(3)34(24-28-15-19-31(48)20-16-28)38(51)46-22-10-12-33(46)40(53)54)44-37(50)32(23-27-13-17-30(47)18-14-27)43-35(49)25-29(42)11-8-6-5-7-9-21-41/h13-20,26,29,32-34,36,47-48H,4-12,21-25,42H2,1-3H3,(H,43,49)(H,44,50)(H,53,54). The van der Waals surface area contributed by atoms with Gasteiger partial charge in [0.05, 0.1) is 0 Å². The average Bonchev–Trinajstić information content (AvgIpc) is 3.65. The lowest BCUT2D eigenvalue weighted by atomic mass is 9.95. The first kappa shape index (κ1) is 44.0. The van der Waals surface area contributed by atoms with Crippen LogP contribution in [0.15, 0.2) is 48.5 Å². The van der Waals surface area contributed by atoms with E-state index in [-0.39, 0.29) is 37.3 Å². The van der Waals surface area contributed by atoms with E-state index in [0.717, 1.165) is 32.1 Å². The summed E-state index contributed by atoms with van der Waals surface area (Å²) in [5.41, 5.74) is 7.60. The van der Waals surface area contributed by atoms with Crippen LogP contribution in [-0.4, -0.2) is 104 Å². The van der Waals surface area contributed by atoms with E-state index in [1.165, 1.54) is 41.1 Å². The van der Waals surface area contributed by atoms with E-state index in [9.17, 15) is 39.3 Å². The SMILES string of the molecule is CCC(C)C(NC(=O)C(Cc1ccc(O)cc1)NC(=O)CC(N)CCCCCCCCl)C(=O)N(C)C(Cc1ccc(O)cc1)C(=O)N1CCCC1C(=O)O. The number of nitrogens with zero attached hydrogens (tertiary/aromatic N) is 2. The summed E-state index contributed by atoms with van der Waals surface area (Å²) in [6.45, 7) is 3.90. The fraction of sp³-hybridized carbons (Fsp3) is 0.575. The Hall–Kier alpha value is -4.36. The Morgan fingerprint density at radius 2 is 1.48 bits per heavy atom. The number of carbonyl (C=O) groups is 5. The minimum absolute atomic E-state index is 0.00634. The predicted molar refractivity (Wildman–Crippen MR) is 207 cm³/mol. The number of hydrogen-bond acceptors (Lipinski definition) is 8. The number of likely N-dealkylation sites (tertiary alicyclic amines) is 1. The number of nitrogens with two attached hydrogens (primary N) is 1. The second-order valence-corrected chi connectivity index (χ2v) is 14.8. The number of carbonyl (C=O) groups excluding carboxylic acids is 4. The number of carboxylic acid groups (broad SMARTS) is 1. The quantitative estimate of drug-likeness (QED) is 0.0753. The highest BCUT2D eigenvalue weighted by Crippen LogP contribution is 2.24. The Bertz CT molecular complexity index is 1530. The highest BCUT2D eigenvalue weighted by Gasteiger charge is 2.41. The van der Waals surface area contributed by atoms with Gasteiger partial charge in [-0.05, 0) is 67.0 Å². The van der Waals surface area contributed by atoms with Crippen molar-refractivity contribution in [3.8, 4) is 11.5 Å². The molecule has 4 amide bonds. The molecule has 0 radical (unpaired) electrons. The summed E-state index contributed by atoms with van der Waals surface area (Å²) >= 11 is 5.75. The predicted octanol–water partition coefficient (Wildman–Crippen LogP) is 4.10. The van der Waals surface area contributed by atoms with Gasteiger partial charge < -0.3 is 41.5 Å². The van der Waals surface area contributed by atoms with E-state index >= 15 is 0 Å². The van der Waals surface area contributed by atoms with E-state index < -0.39 is 65.7 Å². The number of likely N-dealkylation sites (N-methyl/N-ethyl adjacent to an activating group) is 1. The molecule has 0 bridgehead atoms. The van der Waals surface area contributed by atoms with Gasteiger partial charge in [0.1, 0.15) is 35.7 Å². The molecule has 7 N–H and O–H groups in total. The zero-order valence-electron chi connectivity index (χ0n) is 31.7. The molecule has 2 aromatic rings. The normalized spacial score (nSPS) is 16.8. The van der Waals surface area contributed by atoms with Crippen molar-refractivity contribution in [1.29, 1.82) is 0 Å². The molecule has 0 saturated carbocycles. The molecular formula is C40H58ClN5O8. The van der Waals surface area contributed by atoms with Gasteiger partial charge in [-0.2, -0.15) is 0 Å². The van der Waals surface area contributed by atoms with Crippen LogP contribution in [0.1, 0.15) is 89.2 Å². The van der Waals surface area contributed by atoms with Crippen LogP contribution in [0.4, 0.5) is 0 Å². The summed E-state index contributed by atoms with van der Waals surface area (Å²) in [4.78, 5) is 70.5. The number of benzene rings is 2. The Morgan fingerprint density at radius 3 is 2.06 bits per heavy atom. The molecule has 0 aromatic heterocycles. The van der Waals surface area contributed by atoms with Gasteiger partial charge in [-0.3, -0.25) is 19.2 Å². The number of halogens is 1. The lowest BCUT2D eigenvalue weighted by Gasteiger charge is -2.36. The second-order valence-electron chi connectivity index (χ2n) is 14.4. The van der Waals surface area contributed by atoms with Gasteiger partial charge in [-0.15, -0.1) is 11.6 Å². The third-order valence-electron chi connectivity index (χ3n) is 10.2. The number of rotatable bonds is 22. The number of carboxylic acids is 1. The van der Waals surface area contributed by atoms with Crippen molar-refractivity contribution in [2.24, 2.45) is 11.7 Å². The zero-order valence-corrected chi connectivity index (χ0v) is 32.5. The monoisotopic (exact) mass is 771 g/mol. The van der Waals surface area contributed by atoms with Crippen LogP contribution in [0.2, 0.25) is 0 Å². The van der Waals surface area contributed by atoms with Crippen molar-refractivity contribution in [2.45, 2.75) is 121 Å². The molecule has 6 unspecified atom stereocenters. The molecule has 6 atom stereocenters. The van der Waals surface area contributed by atoms with Crippen LogP contribution in [0.5, 0.6) is 11.5 Å². The van der Waals surface area contributed by atoms with Crippen molar-refractivity contribution < 1.29 is 39.3 Å². The number of aliphatic carboxylic acids is 1. The van der Waals surface area contributed by atoms with Crippen molar-refractivity contribution in [3.05, 3.63) is 59.7 Å². The Labute approximate surface area is 323 Å². The third-order valence-corrected chi connectivity index (χ3v) is 10.5. The topological polar surface area (TPSA) is 203 Å². The average molecular weight is 772 g/mol. The maximum Gasteiger partial charge on any atom is 0.326 e. The maximum absolute atomic E-state index is 14.4. The van der Waals surface area contributed by atoms with Crippen LogP contribution in [0.3, 0.4) is 0 Å². The van der Waals surface area contributed by atoms with Gasteiger partial charge in [-0.25, -0.2) is 4.79 Å². The summed E-state index contributed by atoms with van der Waals surface area (Å²) in [6.07, 6.45) is 6.95. The first-order chi connectivity index (χ1) is 25.7. The second kappa shape index (κ2) is 22.1. The fourth-order valence-corrected chi connectivity index (χ4v) is 6.92. The summed E-state index contributed by atoms with van der Waals surface area (Å²) in [5.74, 6) is -2.90. The minimum Gasteiger partial charge on any atom is -0.508 e. The van der Waals surface area contributed by atoms with Gasteiger partial charge in [0.25, 0.3) is 0 Å². The molecule has 0 aliphatic carbocycles. The molecule has 1 fully saturated rings. The number of hydrogen-bond donors (Lipinski definition) is 6. The Balaban J connectivity index is 1.84. The maximum atomic E-state index is 14.4. The Kier molecular flexibility index (Phi) is 18.0. The molecule has 1 aliphatic rings. The van der Waals surface area contributed by atoms with E-state index in [0.29, 0.717) is 42.7 Å². The van der Waals surface area contributed by atoms with Crippen molar-refractivity contribution in [3.63, 3.8) is 0 Å². The number of phenols is 2. The Morgan fingerprint density at radius 1 is 0.907 bits per heavy atom. The lowest BCUT2D eigenvalue weighted by molar-refractivity contribution is -0.153. The van der Waals surface area contributed by atoms with Crippen LogP contribution < -0.4 is 16.4 Å². The van der Waals surface area contributed by atoms with Gasteiger partial charge in [0.15, 0.2) is 0 Å². The van der Waals surface area contributed by atoms with E-state index in [4.69, 9.17) is 17.3 Å². The van der Waals surface area contributed by atoms with Crippen LogP contribution in [-0.2, 0) is 36.8 Å². The van der Waals surface area contributed by atoms with Crippen LogP contribution in [0.25, 0.3) is 0 Å². The van der Waals surface area contributed by atoms with Gasteiger partial charge >= 0.3 is 5.97 Å². The number of phenolic OH excluding ortho intramolecular Hbond substituents is 2. The van der Waals surface area contributed by atoms with Crippen LogP contribution in [0, 0.1) is 5.92 Å². The highest BCUT2D eigenvalue weighted by atomic mass is 35.5. The minimum atomic E-state index is -1.12. The van der Waals surface area contributed by atoms with Crippen LogP contribution >= 0.6 is 11.6 Å². The number of nitrogens with one attached hydrogen (secondary N) is 2. The zero-order chi connectivity index (χ0) is 39.8. The number of unbranched alkanes of at least 4 members (excludes halogenated alkanes) is 4. The molecule has 1 saturated heterocycles. The summed E-state index contributed by atoms with van der Waals surface area (Å²) in [5, 5.41) is 35.2. The first-order valence-electron chi connectivity index (χ1n) is 19.0. The smallest absolute Gasteiger partial charge is 0.326 e. The van der Waals surface area contributed by atoms with Gasteiger partial charge in [-0.1, -0.05) is 70.2 Å². The molecule has 2 aromatic carbocycles. The van der Waals surface area contributed by atoms with Crippen molar-refractivity contribution in [1.82, 2.24) is 20.4 Å². The van der Waals surface area contributed by atoms with Gasteiger partial charge in [0, 0.05) is 44.8 Å². The molecule has 1 aliphatic heterocycles. The largest absolute Gasteiger partial charge is 0.508 e. The van der Waals surface area contributed by atoms with E-state index in [2.05, 4.69) is 10.6 Å². The van der Waals surface area contributed by atoms with Crippen molar-refractivity contribution >= 4 is 41.2 Å². The van der Waals surface area contributed by atoms with Gasteiger partial charge in [0.2, 0.25) is 23.6 Å². The van der Waals surface area contributed by atoms with E-state index in [1.54, 1.807) is 31.2 Å². The third kappa shape index (κ3) is 13.5. The number of amides is 4. The highest BCUT2D eigenvalue weighted by molar-refractivity contribution is 6.17. The lowest BCUT2D eigenvalue weighted by Crippen LogP contribution is -2.60. The number of aromatic hydroxyl groups is 2.